The fourth-order valence-corrected chi connectivity index (χ4v) is 2.43. The highest BCUT2D eigenvalue weighted by atomic mass is 35.5. The number of amides is 1. The highest BCUT2D eigenvalue weighted by Gasteiger charge is 2.19. The Morgan fingerprint density at radius 1 is 1.35 bits per heavy atom. The molecular weight excluding hydrogens is 278 g/mol. The van der Waals surface area contributed by atoms with Gasteiger partial charge in [-0.25, -0.2) is 0 Å². The second-order valence-electron chi connectivity index (χ2n) is 5.12. The van der Waals surface area contributed by atoms with Crippen LogP contribution in [-0.2, 0) is 0 Å². The van der Waals surface area contributed by atoms with Gasteiger partial charge in [-0.15, -0.1) is 0 Å². The summed E-state index contributed by atoms with van der Waals surface area (Å²) in [6.07, 6.45) is 3.53. The molecule has 1 aromatic carbocycles. The van der Waals surface area contributed by atoms with E-state index in [0.29, 0.717) is 28.5 Å². The van der Waals surface area contributed by atoms with Crippen LogP contribution in [0.5, 0.6) is 0 Å². The van der Waals surface area contributed by atoms with Crippen LogP contribution in [0.1, 0.15) is 29.8 Å². The van der Waals surface area contributed by atoms with Gasteiger partial charge in [-0.1, -0.05) is 18.0 Å². The summed E-state index contributed by atoms with van der Waals surface area (Å²) in [6, 6.07) is 5.98. The maximum absolute atomic E-state index is 12.0. The molecule has 1 fully saturated rings. The van der Waals surface area contributed by atoms with Gasteiger partial charge in [-0.2, -0.15) is 0 Å². The summed E-state index contributed by atoms with van der Waals surface area (Å²) in [6.45, 7) is 0.640. The normalized spacial score (nSPS) is 15.1. The summed E-state index contributed by atoms with van der Waals surface area (Å²) >= 11 is 5.84. The summed E-state index contributed by atoms with van der Waals surface area (Å²) in [5, 5.41) is 3.65. The minimum atomic E-state index is -0.342. The molecule has 0 atom stereocenters. The van der Waals surface area contributed by atoms with E-state index in [1.807, 2.05) is 0 Å². The predicted octanol–water partition coefficient (Wildman–Crippen LogP) is 2.98. The maximum atomic E-state index is 12.0. The number of hydrogen-bond donors (Lipinski definition) is 1. The van der Waals surface area contributed by atoms with Crippen molar-refractivity contribution < 1.29 is 9.21 Å². The minimum Gasteiger partial charge on any atom is -0.451 e. The fraction of sp³-hybridized carbons (Fsp3) is 0.333. The number of carbonyl (C=O) groups excluding carboxylic acids is 1. The Labute approximate surface area is 120 Å². The van der Waals surface area contributed by atoms with Gasteiger partial charge in [0.15, 0.2) is 11.2 Å². The first kappa shape index (κ1) is 13.2. The maximum Gasteiger partial charge on any atom is 0.287 e. The van der Waals surface area contributed by atoms with Crippen LogP contribution < -0.4 is 10.7 Å². The number of nitrogens with one attached hydrogen (secondary N) is 1. The van der Waals surface area contributed by atoms with Crippen LogP contribution in [0.2, 0.25) is 5.02 Å². The molecule has 0 spiro atoms. The third-order valence-electron chi connectivity index (χ3n) is 3.69. The van der Waals surface area contributed by atoms with Gasteiger partial charge in [0, 0.05) is 17.6 Å². The molecule has 1 aromatic heterocycles. The largest absolute Gasteiger partial charge is 0.451 e. The Bertz CT molecular complexity index is 719. The summed E-state index contributed by atoms with van der Waals surface area (Å²) in [7, 11) is 0. The van der Waals surface area contributed by atoms with Crippen molar-refractivity contribution in [1.29, 1.82) is 0 Å². The zero-order valence-electron chi connectivity index (χ0n) is 10.8. The van der Waals surface area contributed by atoms with Gasteiger partial charge in [0.1, 0.15) is 5.58 Å². The first-order valence-electron chi connectivity index (χ1n) is 6.65. The first-order valence-corrected chi connectivity index (χ1v) is 7.03. The first-order chi connectivity index (χ1) is 9.63. The van der Waals surface area contributed by atoms with Crippen LogP contribution >= 0.6 is 11.6 Å². The molecular formula is C15H14ClNO3. The lowest BCUT2D eigenvalue weighted by Gasteiger charge is -2.25. The van der Waals surface area contributed by atoms with Gasteiger partial charge in [0.2, 0.25) is 0 Å². The van der Waals surface area contributed by atoms with Crippen molar-refractivity contribution >= 4 is 28.5 Å². The lowest BCUT2D eigenvalue weighted by atomic mass is 9.85. The number of hydrogen-bond acceptors (Lipinski definition) is 3. The Kier molecular flexibility index (Phi) is 3.49. The molecule has 20 heavy (non-hydrogen) atoms. The van der Waals surface area contributed by atoms with Crippen LogP contribution in [0.3, 0.4) is 0 Å². The summed E-state index contributed by atoms with van der Waals surface area (Å²) in [5.41, 5.74) is 0.109. The summed E-state index contributed by atoms with van der Waals surface area (Å²) in [5.74, 6) is 0.264. The van der Waals surface area contributed by atoms with E-state index in [9.17, 15) is 9.59 Å². The standard InChI is InChI=1S/C15H14ClNO3/c16-10-4-5-13-11(6-10)12(18)7-14(20-13)15(19)17-8-9-2-1-3-9/h4-7,9H,1-3,8H2,(H,17,19). The van der Waals surface area contributed by atoms with Gasteiger partial charge in [0.05, 0.1) is 5.39 Å². The third kappa shape index (κ3) is 2.56. The van der Waals surface area contributed by atoms with Crippen molar-refractivity contribution in [3.05, 3.63) is 45.3 Å². The summed E-state index contributed by atoms with van der Waals surface area (Å²) < 4.78 is 5.47. The quantitative estimate of drug-likeness (QED) is 0.946. The molecule has 1 heterocycles. The molecule has 0 aliphatic heterocycles. The molecule has 104 valence electrons. The molecule has 0 unspecified atom stereocenters. The Balaban J connectivity index is 1.85. The Morgan fingerprint density at radius 2 is 2.15 bits per heavy atom. The molecule has 1 aliphatic carbocycles. The molecule has 1 aliphatic rings. The lowest BCUT2D eigenvalue weighted by molar-refractivity contribution is 0.0912. The van der Waals surface area contributed by atoms with Crippen molar-refractivity contribution in [3.63, 3.8) is 0 Å². The van der Waals surface area contributed by atoms with E-state index >= 15 is 0 Å². The molecule has 0 radical (unpaired) electrons. The van der Waals surface area contributed by atoms with Crippen LogP contribution in [0.15, 0.2) is 33.5 Å². The van der Waals surface area contributed by atoms with E-state index in [1.54, 1.807) is 18.2 Å². The van der Waals surface area contributed by atoms with Gasteiger partial charge < -0.3 is 9.73 Å². The van der Waals surface area contributed by atoms with Crippen LogP contribution in [0.25, 0.3) is 11.0 Å². The molecule has 0 saturated heterocycles. The number of fused-ring (bicyclic) bond motifs is 1. The van der Waals surface area contributed by atoms with E-state index in [4.69, 9.17) is 16.0 Å². The van der Waals surface area contributed by atoms with Gasteiger partial charge in [0.25, 0.3) is 5.91 Å². The molecule has 0 bridgehead atoms. The second kappa shape index (κ2) is 5.29. The molecule has 5 heteroatoms. The van der Waals surface area contributed by atoms with Crippen molar-refractivity contribution in [3.8, 4) is 0 Å². The zero-order chi connectivity index (χ0) is 14.1. The summed E-state index contributed by atoms with van der Waals surface area (Å²) in [4.78, 5) is 23.9. The predicted molar refractivity (Wildman–Crippen MR) is 77.2 cm³/mol. The minimum absolute atomic E-state index is 0.0455. The topological polar surface area (TPSA) is 59.3 Å². The van der Waals surface area contributed by atoms with E-state index < -0.39 is 0 Å². The number of benzene rings is 1. The Hall–Kier alpha value is -1.81. The van der Waals surface area contributed by atoms with Crippen molar-refractivity contribution in [1.82, 2.24) is 5.32 Å². The molecule has 1 amide bonds. The van der Waals surface area contributed by atoms with Gasteiger partial charge >= 0.3 is 0 Å². The van der Waals surface area contributed by atoms with Crippen LogP contribution in [0.4, 0.5) is 0 Å². The van der Waals surface area contributed by atoms with Crippen LogP contribution in [0, 0.1) is 5.92 Å². The Morgan fingerprint density at radius 3 is 2.85 bits per heavy atom. The number of carbonyl (C=O) groups is 1. The average molecular weight is 292 g/mol. The highest BCUT2D eigenvalue weighted by molar-refractivity contribution is 6.31. The van der Waals surface area contributed by atoms with Crippen LogP contribution in [-0.4, -0.2) is 12.5 Å². The van der Waals surface area contributed by atoms with E-state index in [0.717, 1.165) is 12.8 Å². The average Bonchev–Trinajstić information content (AvgIpc) is 2.37. The van der Waals surface area contributed by atoms with E-state index in [1.165, 1.54) is 12.5 Å². The second-order valence-corrected chi connectivity index (χ2v) is 5.56. The SMILES string of the molecule is O=C(NCC1CCC1)c1cc(=O)c2cc(Cl)ccc2o1. The zero-order valence-corrected chi connectivity index (χ0v) is 11.6. The van der Waals surface area contributed by atoms with E-state index in [2.05, 4.69) is 5.32 Å². The molecule has 1 saturated carbocycles. The number of halogens is 1. The van der Waals surface area contributed by atoms with Crippen molar-refractivity contribution in [2.75, 3.05) is 6.54 Å². The lowest BCUT2D eigenvalue weighted by Crippen LogP contribution is -2.32. The van der Waals surface area contributed by atoms with Gasteiger partial charge in [-0.3, -0.25) is 9.59 Å². The van der Waals surface area contributed by atoms with Crippen molar-refractivity contribution in [2.45, 2.75) is 19.3 Å². The molecule has 3 rings (SSSR count). The molecule has 4 nitrogen and oxygen atoms in total. The smallest absolute Gasteiger partial charge is 0.287 e. The van der Waals surface area contributed by atoms with Gasteiger partial charge in [-0.05, 0) is 37.0 Å². The number of rotatable bonds is 3. The van der Waals surface area contributed by atoms with Crippen molar-refractivity contribution in [2.24, 2.45) is 5.92 Å². The van der Waals surface area contributed by atoms with E-state index in [-0.39, 0.29) is 17.1 Å². The highest BCUT2D eigenvalue weighted by Crippen LogP contribution is 2.25. The fourth-order valence-electron chi connectivity index (χ4n) is 2.26. The monoisotopic (exact) mass is 291 g/mol. The molecule has 2 aromatic rings. The molecule has 1 N–H and O–H groups in total. The third-order valence-corrected chi connectivity index (χ3v) is 3.92.